The molecule has 0 unspecified atom stereocenters. The summed E-state index contributed by atoms with van der Waals surface area (Å²) < 4.78 is 0. The van der Waals surface area contributed by atoms with Gasteiger partial charge in [0.05, 0.1) is 0 Å². The van der Waals surface area contributed by atoms with Gasteiger partial charge in [-0.2, -0.15) is 9.81 Å². The largest absolute Gasteiger partial charge is 0.789 e. The molecule has 2 rings (SSSR count). The van der Waals surface area contributed by atoms with E-state index in [1.54, 1.807) is 10.8 Å². The minimum absolute atomic E-state index is 0. The first kappa shape index (κ1) is 21.3. The van der Waals surface area contributed by atoms with Gasteiger partial charge in [0, 0.05) is 16.5 Å². The second-order valence-electron chi connectivity index (χ2n) is 4.91. The van der Waals surface area contributed by atoms with Crippen molar-refractivity contribution in [2.45, 2.75) is 51.4 Å². The molecule has 122 valence electrons. The Morgan fingerprint density at radius 1 is 0.762 bits per heavy atom. The van der Waals surface area contributed by atoms with Crippen molar-refractivity contribution in [2.75, 3.05) is 0 Å². The van der Waals surface area contributed by atoms with Crippen LogP contribution in [0.2, 0.25) is 0 Å². The topological polar surface area (TPSA) is 0 Å². The third-order valence-electron chi connectivity index (χ3n) is 3.43. The molecular weight excluding hydrogens is 379 g/mol. The third kappa shape index (κ3) is 8.51. The van der Waals surface area contributed by atoms with Gasteiger partial charge in [-0.05, 0) is 51.4 Å². The van der Waals surface area contributed by atoms with Crippen LogP contribution in [0, 0.1) is 0 Å². The summed E-state index contributed by atoms with van der Waals surface area (Å²) in [6, 6.07) is 0. The fraction of sp³-hybridized carbons (Fsp3) is 0.500. The molecule has 0 heterocycles. The molecule has 21 heavy (non-hydrogen) atoms. The molecule has 0 atom stereocenters. The zero-order valence-electron chi connectivity index (χ0n) is 11.9. The van der Waals surface area contributed by atoms with Crippen LogP contribution < -0.4 is 0 Å². The van der Waals surface area contributed by atoms with E-state index in [1.807, 2.05) is 0 Å². The van der Waals surface area contributed by atoms with Gasteiger partial charge in [-0.3, -0.25) is 0 Å². The molecule has 0 saturated carbocycles. The number of hydrogen-bond acceptors (Lipinski definition) is 4. The predicted octanol–water partition coefficient (Wildman–Crippen LogP) is 4.84. The second kappa shape index (κ2) is 12.8. The number of rotatable bonds is 2. The van der Waals surface area contributed by atoms with Crippen LogP contribution in [0.5, 0.6) is 0 Å². The van der Waals surface area contributed by atoms with Gasteiger partial charge in [-0.1, -0.05) is 23.3 Å². The van der Waals surface area contributed by atoms with E-state index in [4.69, 9.17) is 50.5 Å². The maximum Gasteiger partial charge on any atom is 0 e. The van der Waals surface area contributed by atoms with Crippen LogP contribution in [0.1, 0.15) is 51.4 Å². The molecule has 0 aromatic heterocycles. The van der Waals surface area contributed by atoms with Crippen molar-refractivity contribution in [3.8, 4) is 0 Å². The van der Waals surface area contributed by atoms with E-state index in [0.29, 0.717) is 0 Å². The van der Waals surface area contributed by atoms with Gasteiger partial charge in [-0.25, -0.2) is 10.8 Å². The zero-order valence-corrected chi connectivity index (χ0v) is 16.2. The SMILES string of the molecule is [Ni].[S-]/C=C(\[S-])C1=CCCCC1.[S-]/C=C(\[S-])C1=CCCCC1. The molecule has 0 radical (unpaired) electrons. The summed E-state index contributed by atoms with van der Waals surface area (Å²) in [5.74, 6) is 0. The molecule has 0 fully saturated rings. The van der Waals surface area contributed by atoms with Crippen molar-refractivity contribution in [2.24, 2.45) is 0 Å². The van der Waals surface area contributed by atoms with E-state index in [9.17, 15) is 0 Å². The Labute approximate surface area is 161 Å². The van der Waals surface area contributed by atoms with Crippen LogP contribution in [-0.4, -0.2) is 0 Å². The van der Waals surface area contributed by atoms with Crippen LogP contribution in [0.4, 0.5) is 0 Å². The Balaban J connectivity index is 0.000000364. The Morgan fingerprint density at radius 2 is 1.14 bits per heavy atom. The van der Waals surface area contributed by atoms with Gasteiger partial charge >= 0.3 is 0 Å². The smallest absolute Gasteiger partial charge is 0 e. The van der Waals surface area contributed by atoms with E-state index >= 15 is 0 Å². The Hall–Kier alpha value is 0.334. The Bertz CT molecular complexity index is 382. The minimum atomic E-state index is 0. The van der Waals surface area contributed by atoms with E-state index in [1.165, 1.54) is 49.7 Å². The van der Waals surface area contributed by atoms with Crippen molar-refractivity contribution < 1.29 is 16.5 Å². The molecule has 0 aromatic carbocycles. The van der Waals surface area contributed by atoms with Gasteiger partial charge in [-0.15, -0.1) is 0 Å². The summed E-state index contributed by atoms with van der Waals surface area (Å²) in [6.07, 6.45) is 14.2. The standard InChI is InChI=1S/2C8H12S2.Ni/c2*9-6-8(10)7-4-2-1-3-5-7;/h2*4,6,9-10H,1-3,5H2;/p-4/b2*8-6-;. The van der Waals surface area contributed by atoms with Gasteiger partial charge < -0.3 is 50.5 Å². The van der Waals surface area contributed by atoms with Gasteiger partial charge in [0.15, 0.2) is 0 Å². The van der Waals surface area contributed by atoms with Crippen molar-refractivity contribution in [3.05, 3.63) is 43.9 Å². The van der Waals surface area contributed by atoms with E-state index in [-0.39, 0.29) is 16.5 Å². The fourth-order valence-electron chi connectivity index (χ4n) is 2.28. The van der Waals surface area contributed by atoms with E-state index in [2.05, 4.69) is 12.2 Å². The van der Waals surface area contributed by atoms with Crippen LogP contribution >= 0.6 is 0 Å². The minimum Gasteiger partial charge on any atom is -0.789 e. The molecule has 5 heteroatoms. The van der Waals surface area contributed by atoms with Crippen LogP contribution in [-0.2, 0) is 67.0 Å². The molecule has 0 N–H and O–H groups in total. The summed E-state index contributed by atoms with van der Waals surface area (Å²) in [7, 11) is 0. The summed E-state index contributed by atoms with van der Waals surface area (Å²) in [5, 5.41) is 3.21. The molecule has 0 amide bonds. The Morgan fingerprint density at radius 3 is 1.38 bits per heavy atom. The maximum atomic E-state index is 5.05. The predicted molar refractivity (Wildman–Crippen MR) is 98.7 cm³/mol. The quantitative estimate of drug-likeness (QED) is 0.481. The first-order valence-corrected chi connectivity index (χ1v) is 8.82. The maximum absolute atomic E-state index is 5.05. The molecular formula is C16H20NiS4-4. The number of hydrogen-bond donors (Lipinski definition) is 0. The average Bonchev–Trinajstić information content (AvgIpc) is 2.55. The van der Waals surface area contributed by atoms with Crippen LogP contribution in [0.3, 0.4) is 0 Å². The van der Waals surface area contributed by atoms with Crippen molar-refractivity contribution in [1.82, 2.24) is 0 Å². The monoisotopic (exact) mass is 398 g/mol. The van der Waals surface area contributed by atoms with Crippen LogP contribution in [0.25, 0.3) is 0 Å². The fourth-order valence-corrected chi connectivity index (χ4v) is 2.95. The van der Waals surface area contributed by atoms with Crippen molar-refractivity contribution >= 4 is 50.5 Å². The summed E-state index contributed by atoms with van der Waals surface area (Å²) >= 11 is 19.6. The van der Waals surface area contributed by atoms with Gasteiger partial charge in [0.1, 0.15) is 0 Å². The van der Waals surface area contributed by atoms with Crippen molar-refractivity contribution in [3.63, 3.8) is 0 Å². The average molecular weight is 399 g/mol. The Kier molecular flexibility index (Phi) is 13.0. The molecule has 2 aliphatic rings. The zero-order chi connectivity index (χ0) is 14.8. The molecule has 0 saturated heterocycles. The first-order chi connectivity index (χ1) is 9.69. The van der Waals surface area contributed by atoms with Crippen molar-refractivity contribution in [1.29, 1.82) is 0 Å². The summed E-state index contributed by atoms with van der Waals surface area (Å²) in [6.45, 7) is 0. The summed E-state index contributed by atoms with van der Waals surface area (Å²) in [4.78, 5) is 1.74. The molecule has 0 aliphatic heterocycles. The molecule has 0 aromatic rings. The molecule has 2 aliphatic carbocycles. The van der Waals surface area contributed by atoms with E-state index < -0.39 is 0 Å². The number of allylic oxidation sites excluding steroid dienone is 4. The van der Waals surface area contributed by atoms with Gasteiger partial charge in [0.25, 0.3) is 0 Å². The second-order valence-corrected chi connectivity index (χ2v) is 6.27. The van der Waals surface area contributed by atoms with Crippen LogP contribution in [0.15, 0.2) is 43.9 Å². The first-order valence-electron chi connectivity index (χ1n) is 7.06. The molecule has 0 nitrogen and oxygen atoms in total. The summed E-state index contributed by atoms with van der Waals surface area (Å²) in [5.41, 5.74) is 2.58. The van der Waals surface area contributed by atoms with Gasteiger partial charge in [0.2, 0.25) is 0 Å². The van der Waals surface area contributed by atoms with E-state index in [0.717, 1.165) is 22.7 Å². The normalized spacial score (nSPS) is 19.4. The molecule has 0 bridgehead atoms. The molecule has 0 spiro atoms. The third-order valence-corrected chi connectivity index (χ3v) is 4.96.